The molecule has 11 N–H and O–H groups in total. The highest BCUT2D eigenvalue weighted by molar-refractivity contribution is 5.87. The van der Waals surface area contributed by atoms with Crippen LogP contribution in [0.2, 0.25) is 0 Å². The monoisotopic (exact) mass is 1060 g/mol. The second kappa shape index (κ2) is 43.7. The molecular weight excluding hydrogens is 967 g/mol. The molecule has 26 nitrogen and oxygen atoms in total. The molecule has 428 valence electrons. The molecule has 6 amide bonds. The summed E-state index contributed by atoms with van der Waals surface area (Å²) in [5.41, 5.74) is 0. The molecule has 0 saturated heterocycles. The minimum atomic E-state index is -1.48. The number of carbonyl (C=O) groups excluding carboxylic acids is 7. The summed E-state index contributed by atoms with van der Waals surface area (Å²) in [6, 6.07) is -4.34. The van der Waals surface area contributed by atoms with Crippen molar-refractivity contribution in [1.82, 2.24) is 37.2 Å². The normalized spacial score (nSPS) is 12.6. The fraction of sp³-hybridized carbons (Fsp3) is 0.766. The highest BCUT2D eigenvalue weighted by atomic mass is 16.5. The Morgan fingerprint density at radius 3 is 1.22 bits per heavy atom. The number of amides is 6. The largest absolute Gasteiger partial charge is 0.481 e. The van der Waals surface area contributed by atoms with E-state index in [0.29, 0.717) is 38.6 Å². The van der Waals surface area contributed by atoms with Crippen molar-refractivity contribution in [3.8, 4) is 0 Å². The van der Waals surface area contributed by atoms with Gasteiger partial charge in [-0.15, -0.1) is 0 Å². The number of carbonyl (C=O) groups is 11. The van der Waals surface area contributed by atoms with E-state index >= 15 is 0 Å². The van der Waals surface area contributed by atoms with E-state index in [-0.39, 0.29) is 123 Å². The number of ether oxygens (including phenoxy) is 4. The van der Waals surface area contributed by atoms with Crippen LogP contribution in [0.4, 0.5) is 0 Å². The maximum atomic E-state index is 12.4. The number of nitrogens with one attached hydrogen (secondary N) is 7. The summed E-state index contributed by atoms with van der Waals surface area (Å²) < 4.78 is 21.1. The predicted octanol–water partition coefficient (Wildman–Crippen LogP) is 1.01. The molecule has 0 saturated carbocycles. The number of rotatable bonds is 49. The molecular formula is C47H91N7O19. The maximum Gasteiger partial charge on any atom is 0.326 e. The first-order valence-electron chi connectivity index (χ1n) is 24.9. The number of unbranched alkanes of at least 4 members (excludes halogenated alkanes) is 8. The zero-order valence-electron chi connectivity index (χ0n) is 42.4. The number of carboxylic acids is 4. The molecule has 0 aromatic heterocycles. The average molecular weight is 1060 g/mol. The van der Waals surface area contributed by atoms with Crippen LogP contribution in [-0.4, -0.2) is 189 Å². The number of Topliss-reactive ketones (excluding diaryl/α,β-unsaturated/α-hetero) is 1. The Morgan fingerprint density at radius 2 is 0.767 bits per heavy atom. The summed E-state index contributed by atoms with van der Waals surface area (Å²) in [5.74, 6) is -8.03. The van der Waals surface area contributed by atoms with Crippen molar-refractivity contribution in [2.24, 2.45) is 0 Å². The molecule has 0 spiro atoms. The number of hydrogen-bond acceptors (Lipinski definition) is 16. The summed E-state index contributed by atoms with van der Waals surface area (Å²) in [6.45, 7) is 1.78. The molecule has 0 unspecified atom stereocenters. The number of hydrogen-bond donors (Lipinski definition) is 11. The minimum absolute atomic E-state index is 0. The topological polar surface area (TPSA) is 390 Å². The fourth-order valence-corrected chi connectivity index (χ4v) is 6.76. The van der Waals surface area contributed by atoms with Crippen molar-refractivity contribution in [2.45, 2.75) is 153 Å². The Bertz CT molecular complexity index is 1710. The Labute approximate surface area is 433 Å². The quantitative estimate of drug-likeness (QED) is 0.0379. The molecule has 0 radical (unpaired) electrons. The number of ketones is 1. The fourth-order valence-electron chi connectivity index (χ4n) is 6.76. The van der Waals surface area contributed by atoms with Gasteiger partial charge in [-0.2, -0.15) is 0 Å². The summed E-state index contributed by atoms with van der Waals surface area (Å²) in [4.78, 5) is 130. The highest BCUT2D eigenvalue weighted by Gasteiger charge is 2.25. The van der Waals surface area contributed by atoms with Gasteiger partial charge in [-0.25, -0.2) is 14.4 Å². The van der Waals surface area contributed by atoms with E-state index in [1.165, 1.54) is 6.92 Å². The standard InChI is InChI=1S/C47H81N7O19.5H2/c1-33(55)34(48-2)13-11-12-22-49-38(56)19-16-36(46(66)67)53-41(59)21-18-37(47(68)69)54-43(61)32-73-30-28-71-26-24-51-42(60)31-72-29-27-70-25-23-50-39(57)20-17-35(45(64)65)52-40(58)14-9-7-5-3-4-6-8-10-15-44(62)63;;;;;/h34-37,48H,3-32H2,1-2H3,(H,49,56)(H,50,57)(H,51,60)(H,52,58)(H,53,59)(H,54,61)(H,62,63)(H,64,65)(H,66,67)(H,68,69);5*1H/t34-,35-,36-,37-;;;;;/m0...../s1. The van der Waals surface area contributed by atoms with Gasteiger partial charge in [0.05, 0.1) is 45.7 Å². The Hall–Kier alpha value is -5.83. The molecule has 0 fully saturated rings. The van der Waals surface area contributed by atoms with Gasteiger partial charge in [0.2, 0.25) is 35.4 Å². The summed E-state index contributed by atoms with van der Waals surface area (Å²) in [5, 5.41) is 54.9. The first kappa shape index (κ1) is 67.2. The minimum Gasteiger partial charge on any atom is -0.481 e. The van der Waals surface area contributed by atoms with Crippen LogP contribution in [-0.2, 0) is 71.7 Å². The molecule has 0 rings (SSSR count). The molecule has 0 aliphatic rings. The van der Waals surface area contributed by atoms with Gasteiger partial charge in [-0.3, -0.25) is 38.4 Å². The van der Waals surface area contributed by atoms with E-state index in [9.17, 15) is 68.1 Å². The molecule has 0 heterocycles. The van der Waals surface area contributed by atoms with Crippen molar-refractivity contribution in [1.29, 1.82) is 0 Å². The third-order valence-corrected chi connectivity index (χ3v) is 10.9. The van der Waals surface area contributed by atoms with Crippen LogP contribution in [0.3, 0.4) is 0 Å². The van der Waals surface area contributed by atoms with E-state index in [1.807, 2.05) is 0 Å². The van der Waals surface area contributed by atoms with Crippen LogP contribution in [0.25, 0.3) is 0 Å². The lowest BCUT2D eigenvalue weighted by atomic mass is 10.1. The van der Waals surface area contributed by atoms with Gasteiger partial charge in [-0.05, 0) is 65.3 Å². The van der Waals surface area contributed by atoms with Gasteiger partial charge in [0.1, 0.15) is 37.1 Å². The molecule has 0 aromatic carbocycles. The van der Waals surface area contributed by atoms with Crippen LogP contribution in [0.15, 0.2) is 0 Å². The second-order valence-electron chi connectivity index (χ2n) is 17.0. The number of aliphatic carboxylic acids is 4. The Morgan fingerprint density at radius 1 is 0.384 bits per heavy atom. The van der Waals surface area contributed by atoms with Crippen molar-refractivity contribution in [2.75, 3.05) is 79.5 Å². The van der Waals surface area contributed by atoms with E-state index in [4.69, 9.17) is 24.1 Å². The van der Waals surface area contributed by atoms with Crippen molar-refractivity contribution in [3.63, 3.8) is 0 Å². The number of carboxylic acid groups (broad SMARTS) is 4. The van der Waals surface area contributed by atoms with Crippen molar-refractivity contribution < 1.29 is 99.2 Å². The lowest BCUT2D eigenvalue weighted by Crippen LogP contribution is -2.45. The van der Waals surface area contributed by atoms with Crippen molar-refractivity contribution in [3.05, 3.63) is 0 Å². The van der Waals surface area contributed by atoms with Crippen LogP contribution in [0.5, 0.6) is 0 Å². The van der Waals surface area contributed by atoms with E-state index in [2.05, 4.69) is 37.2 Å². The van der Waals surface area contributed by atoms with Crippen molar-refractivity contribution >= 4 is 65.1 Å². The van der Waals surface area contributed by atoms with Crippen LogP contribution in [0.1, 0.15) is 136 Å². The molecule has 26 heteroatoms. The predicted molar refractivity (Wildman–Crippen MR) is 270 cm³/mol. The van der Waals surface area contributed by atoms with Gasteiger partial charge in [0.25, 0.3) is 0 Å². The lowest BCUT2D eigenvalue weighted by Gasteiger charge is -2.17. The maximum absolute atomic E-state index is 12.4. The highest BCUT2D eigenvalue weighted by Crippen LogP contribution is 2.11. The summed E-state index contributed by atoms with van der Waals surface area (Å²) in [6.07, 6.45) is 7.72. The first-order valence-corrected chi connectivity index (χ1v) is 24.9. The molecule has 0 aromatic rings. The van der Waals surface area contributed by atoms with Gasteiger partial charge in [0, 0.05) is 58.9 Å². The molecule has 0 bridgehead atoms. The van der Waals surface area contributed by atoms with E-state index < -0.39 is 90.5 Å². The lowest BCUT2D eigenvalue weighted by molar-refractivity contribution is -0.144. The SMILES string of the molecule is CN[C@@H](CCCCNC(=O)CC[C@H](NC(=O)CC[C@H](NC(=O)COCCOCCNC(=O)COCCOCCNC(=O)CC[C@H](NC(=O)CCCCCCCCCCC(=O)O)C(=O)O)C(=O)O)C(=O)O)C(C)=O.[HH].[HH].[HH].[HH].[HH]. The zero-order chi connectivity index (χ0) is 54.7. The van der Waals surface area contributed by atoms with E-state index in [0.717, 1.165) is 38.5 Å². The smallest absolute Gasteiger partial charge is 0.326 e. The molecule has 73 heavy (non-hydrogen) atoms. The second-order valence-corrected chi connectivity index (χ2v) is 17.0. The first-order chi connectivity index (χ1) is 34.9. The van der Waals surface area contributed by atoms with Crippen LogP contribution < -0.4 is 37.2 Å². The Balaban J connectivity index is -0.00000259. The van der Waals surface area contributed by atoms with Crippen LogP contribution in [0, 0.1) is 0 Å². The average Bonchev–Trinajstić information content (AvgIpc) is 3.33. The van der Waals surface area contributed by atoms with E-state index in [1.54, 1.807) is 7.05 Å². The number of likely N-dealkylation sites (N-methyl/N-ethyl adjacent to an activating group) is 1. The van der Waals surface area contributed by atoms with Gasteiger partial charge in [0.15, 0.2) is 0 Å². The van der Waals surface area contributed by atoms with Gasteiger partial charge in [-0.1, -0.05) is 38.5 Å². The Kier molecular flexibility index (Phi) is 40.2. The summed E-state index contributed by atoms with van der Waals surface area (Å²) >= 11 is 0. The third kappa shape index (κ3) is 40.4. The molecule has 0 aliphatic carbocycles. The van der Waals surface area contributed by atoms with Crippen LogP contribution >= 0.6 is 0 Å². The molecule has 4 atom stereocenters. The van der Waals surface area contributed by atoms with Gasteiger partial charge >= 0.3 is 23.9 Å². The molecule has 0 aliphatic heterocycles. The third-order valence-electron chi connectivity index (χ3n) is 10.9. The van der Waals surface area contributed by atoms with Gasteiger partial charge < -0.3 is 76.6 Å². The zero-order valence-corrected chi connectivity index (χ0v) is 42.4. The summed E-state index contributed by atoms with van der Waals surface area (Å²) in [7, 11) is 1.69.